The van der Waals surface area contributed by atoms with Crippen molar-refractivity contribution in [2.45, 2.75) is 45.7 Å². The number of hydrazine groups is 1. The summed E-state index contributed by atoms with van der Waals surface area (Å²) >= 11 is 0. The fraction of sp³-hybridized carbons (Fsp3) is 1.00. The maximum atomic E-state index is 3.39. The zero-order chi connectivity index (χ0) is 8.61. The molecule has 68 valence electrons. The summed E-state index contributed by atoms with van der Waals surface area (Å²) < 4.78 is 0. The first-order valence-corrected chi connectivity index (χ1v) is 5.06. The third kappa shape index (κ3) is 0.495. The Hall–Kier alpha value is -0.0800. The van der Waals surface area contributed by atoms with Crippen LogP contribution in [0, 0.1) is 16.7 Å². The minimum absolute atomic E-state index is 0.333. The summed E-state index contributed by atoms with van der Waals surface area (Å²) in [5, 5.41) is 0. The van der Waals surface area contributed by atoms with Crippen molar-refractivity contribution in [1.29, 1.82) is 0 Å². The maximum Gasteiger partial charge on any atom is 0.100 e. The lowest BCUT2D eigenvalue weighted by Gasteiger charge is -2.37. The van der Waals surface area contributed by atoms with Gasteiger partial charge in [0.25, 0.3) is 0 Å². The fourth-order valence-electron chi connectivity index (χ4n) is 3.77. The van der Waals surface area contributed by atoms with Gasteiger partial charge < -0.3 is 0 Å². The van der Waals surface area contributed by atoms with E-state index in [2.05, 4.69) is 31.6 Å². The predicted molar refractivity (Wildman–Crippen MR) is 48.2 cm³/mol. The van der Waals surface area contributed by atoms with Crippen LogP contribution in [0.25, 0.3) is 0 Å². The van der Waals surface area contributed by atoms with E-state index in [4.69, 9.17) is 0 Å². The monoisotopic (exact) mass is 166 g/mol. The molecule has 2 saturated carbocycles. The van der Waals surface area contributed by atoms with E-state index in [0.29, 0.717) is 16.5 Å². The summed E-state index contributed by atoms with van der Waals surface area (Å²) in [5.74, 6) is 0.935. The minimum Gasteiger partial charge on any atom is -0.234 e. The molecule has 2 unspecified atom stereocenters. The van der Waals surface area contributed by atoms with Crippen LogP contribution in [0.15, 0.2) is 0 Å². The van der Waals surface area contributed by atoms with Crippen molar-refractivity contribution >= 4 is 0 Å². The molecule has 1 heterocycles. The first-order valence-electron chi connectivity index (χ1n) is 5.06. The van der Waals surface area contributed by atoms with Crippen molar-refractivity contribution in [3.63, 3.8) is 0 Å². The second kappa shape index (κ2) is 1.60. The fourth-order valence-corrected chi connectivity index (χ4v) is 3.77. The Bertz CT molecular complexity index is 242. The molecule has 2 N–H and O–H groups in total. The molecule has 3 fully saturated rings. The lowest BCUT2D eigenvalue weighted by Crippen LogP contribution is -2.41. The van der Waals surface area contributed by atoms with Crippen molar-refractivity contribution in [2.24, 2.45) is 16.7 Å². The average Bonchev–Trinajstić information content (AvgIpc) is 2.69. The zero-order valence-corrected chi connectivity index (χ0v) is 8.20. The standard InChI is InChI=1S/C10H18N2/c1-8(2)7-4-5-9(8,3)10(6-7)11-12-10/h7,11-12H,4-6H2,1-3H3. The Kier molecular flexibility index (Phi) is 0.978. The van der Waals surface area contributed by atoms with Crippen LogP contribution < -0.4 is 10.9 Å². The smallest absolute Gasteiger partial charge is 0.100 e. The van der Waals surface area contributed by atoms with Gasteiger partial charge in [0, 0.05) is 5.41 Å². The van der Waals surface area contributed by atoms with Crippen molar-refractivity contribution < 1.29 is 0 Å². The van der Waals surface area contributed by atoms with Gasteiger partial charge in [0.2, 0.25) is 0 Å². The Morgan fingerprint density at radius 3 is 2.08 bits per heavy atom. The topological polar surface area (TPSA) is 43.9 Å². The number of rotatable bonds is 0. The second-order valence-electron chi connectivity index (χ2n) is 5.65. The highest BCUT2D eigenvalue weighted by atomic mass is 15.7. The molecule has 2 atom stereocenters. The predicted octanol–water partition coefficient (Wildman–Crippen LogP) is 1.64. The lowest BCUT2D eigenvalue weighted by atomic mass is 9.68. The molecule has 1 saturated heterocycles. The lowest BCUT2D eigenvalue weighted by molar-refractivity contribution is 0.119. The summed E-state index contributed by atoms with van der Waals surface area (Å²) in [6.07, 6.45) is 4.18. The van der Waals surface area contributed by atoms with Gasteiger partial charge in [0.1, 0.15) is 5.66 Å². The van der Waals surface area contributed by atoms with Gasteiger partial charge in [-0.2, -0.15) is 0 Å². The Morgan fingerprint density at radius 2 is 1.83 bits per heavy atom. The number of fused-ring (bicyclic) bond motifs is 3. The molecule has 3 rings (SSSR count). The quantitative estimate of drug-likeness (QED) is 0.537. The van der Waals surface area contributed by atoms with Crippen LogP contribution in [0.2, 0.25) is 0 Å². The molecule has 12 heavy (non-hydrogen) atoms. The molecule has 2 nitrogen and oxygen atoms in total. The van der Waals surface area contributed by atoms with Crippen LogP contribution in [0.3, 0.4) is 0 Å². The molecule has 0 aromatic heterocycles. The van der Waals surface area contributed by atoms with Gasteiger partial charge in [-0.3, -0.25) is 0 Å². The molecule has 3 aliphatic rings. The van der Waals surface area contributed by atoms with E-state index in [1.807, 2.05) is 0 Å². The molecule has 0 radical (unpaired) electrons. The molecular weight excluding hydrogens is 148 g/mol. The van der Waals surface area contributed by atoms with E-state index in [9.17, 15) is 0 Å². The molecule has 2 aliphatic carbocycles. The van der Waals surface area contributed by atoms with Crippen LogP contribution in [0.1, 0.15) is 40.0 Å². The van der Waals surface area contributed by atoms with Gasteiger partial charge in [-0.05, 0) is 30.6 Å². The van der Waals surface area contributed by atoms with E-state index >= 15 is 0 Å². The van der Waals surface area contributed by atoms with Crippen molar-refractivity contribution in [1.82, 2.24) is 10.9 Å². The van der Waals surface area contributed by atoms with Gasteiger partial charge in [-0.25, -0.2) is 10.9 Å². The third-order valence-electron chi connectivity index (χ3n) is 5.36. The highest BCUT2D eigenvalue weighted by Gasteiger charge is 2.73. The Balaban J connectivity index is 2.12. The summed E-state index contributed by atoms with van der Waals surface area (Å²) in [5.41, 5.74) is 8.13. The van der Waals surface area contributed by atoms with E-state index in [-0.39, 0.29) is 0 Å². The first kappa shape index (κ1) is 7.34. The summed E-state index contributed by atoms with van der Waals surface area (Å²) in [4.78, 5) is 0. The second-order valence-corrected chi connectivity index (χ2v) is 5.65. The summed E-state index contributed by atoms with van der Waals surface area (Å²) in [6.45, 7) is 7.34. The van der Waals surface area contributed by atoms with Crippen LogP contribution in [-0.2, 0) is 0 Å². The number of nitrogens with one attached hydrogen (secondary N) is 2. The molecule has 1 aliphatic heterocycles. The largest absolute Gasteiger partial charge is 0.234 e. The van der Waals surface area contributed by atoms with Crippen molar-refractivity contribution in [2.75, 3.05) is 0 Å². The van der Waals surface area contributed by atoms with Gasteiger partial charge >= 0.3 is 0 Å². The van der Waals surface area contributed by atoms with Crippen LogP contribution in [0.4, 0.5) is 0 Å². The van der Waals surface area contributed by atoms with Crippen LogP contribution in [0.5, 0.6) is 0 Å². The first-order chi connectivity index (χ1) is 5.52. The number of hydrogen-bond donors (Lipinski definition) is 2. The Morgan fingerprint density at radius 1 is 1.17 bits per heavy atom. The third-order valence-corrected chi connectivity index (χ3v) is 5.36. The zero-order valence-electron chi connectivity index (χ0n) is 8.20. The molecule has 2 heteroatoms. The summed E-state index contributed by atoms with van der Waals surface area (Å²) in [6, 6.07) is 0. The molecule has 0 amide bonds. The van der Waals surface area contributed by atoms with Crippen molar-refractivity contribution in [3.8, 4) is 0 Å². The van der Waals surface area contributed by atoms with Gasteiger partial charge in [-0.1, -0.05) is 20.8 Å². The van der Waals surface area contributed by atoms with E-state index in [1.54, 1.807) is 0 Å². The normalized spacial score (nSPS) is 51.8. The molecule has 0 aromatic rings. The highest BCUT2D eigenvalue weighted by Crippen LogP contribution is 2.70. The van der Waals surface area contributed by atoms with E-state index < -0.39 is 0 Å². The minimum atomic E-state index is 0.333. The maximum absolute atomic E-state index is 3.39. The summed E-state index contributed by atoms with van der Waals surface area (Å²) in [7, 11) is 0. The molecule has 2 bridgehead atoms. The Labute approximate surface area is 74.1 Å². The van der Waals surface area contributed by atoms with Gasteiger partial charge in [-0.15, -0.1) is 0 Å². The molecular formula is C10H18N2. The van der Waals surface area contributed by atoms with Crippen LogP contribution in [-0.4, -0.2) is 5.66 Å². The van der Waals surface area contributed by atoms with Crippen molar-refractivity contribution in [3.05, 3.63) is 0 Å². The number of hydrogen-bond acceptors (Lipinski definition) is 2. The van der Waals surface area contributed by atoms with Gasteiger partial charge in [0.05, 0.1) is 0 Å². The average molecular weight is 166 g/mol. The highest BCUT2D eigenvalue weighted by molar-refractivity contribution is 5.23. The van der Waals surface area contributed by atoms with Gasteiger partial charge in [0.15, 0.2) is 0 Å². The van der Waals surface area contributed by atoms with E-state index in [1.165, 1.54) is 19.3 Å². The van der Waals surface area contributed by atoms with E-state index in [0.717, 1.165) is 5.92 Å². The molecule has 1 spiro atoms. The molecule has 0 aromatic carbocycles. The van der Waals surface area contributed by atoms with Crippen LogP contribution >= 0.6 is 0 Å². The SMILES string of the molecule is CC1(C)C2CCC1(C)C1(C2)NN1.